The summed E-state index contributed by atoms with van der Waals surface area (Å²) in [6.07, 6.45) is -2.21. The molecular formula is C18H24N6O6. The van der Waals surface area contributed by atoms with Crippen molar-refractivity contribution in [2.24, 2.45) is 32.3 Å². The molecular weight excluding hydrogens is 396 g/mol. The van der Waals surface area contributed by atoms with E-state index in [1.54, 1.807) is 51.1 Å². The molecule has 162 valence electrons. The first-order valence-electron chi connectivity index (χ1n) is 9.01. The van der Waals surface area contributed by atoms with Crippen LogP contribution in [-0.2, 0) is 20.7 Å². The van der Waals surface area contributed by atoms with Crippen molar-refractivity contribution in [1.82, 2.24) is 5.32 Å². The maximum Gasteiger partial charge on any atom is 0.410 e. The Balaban J connectivity index is 2.52. The van der Waals surface area contributed by atoms with Gasteiger partial charge < -0.3 is 20.7 Å². The molecule has 1 aromatic rings. The number of carboxylic acids is 1. The zero-order chi connectivity index (χ0) is 22.6. The summed E-state index contributed by atoms with van der Waals surface area (Å²) < 4.78 is 5.12. The van der Waals surface area contributed by atoms with Crippen molar-refractivity contribution in [3.8, 4) is 0 Å². The van der Waals surface area contributed by atoms with Crippen molar-refractivity contribution in [3.05, 3.63) is 35.9 Å². The Morgan fingerprint density at radius 1 is 1.17 bits per heavy atom. The van der Waals surface area contributed by atoms with Gasteiger partial charge in [0.15, 0.2) is 5.72 Å². The van der Waals surface area contributed by atoms with E-state index in [1.807, 2.05) is 0 Å². The molecule has 1 aliphatic heterocycles. The first-order valence-corrected chi connectivity index (χ1v) is 9.01. The number of aliphatic hydroxyl groups is 1. The molecule has 2 amide bonds. The molecule has 0 bridgehead atoms. The van der Waals surface area contributed by atoms with Crippen molar-refractivity contribution in [1.29, 1.82) is 0 Å². The van der Waals surface area contributed by atoms with Crippen LogP contribution in [0.3, 0.4) is 0 Å². The summed E-state index contributed by atoms with van der Waals surface area (Å²) in [6, 6.07) is 8.49. The van der Waals surface area contributed by atoms with E-state index in [0.29, 0.717) is 5.56 Å². The van der Waals surface area contributed by atoms with Gasteiger partial charge in [-0.3, -0.25) is 14.9 Å². The van der Waals surface area contributed by atoms with Crippen LogP contribution in [0, 0.1) is 5.92 Å². The number of carbonyl (C=O) groups is 3. The Kier molecular flexibility index (Phi) is 6.50. The average molecular weight is 420 g/mol. The summed E-state index contributed by atoms with van der Waals surface area (Å²) in [5.41, 5.74) is -0.146. The zero-order valence-electron chi connectivity index (χ0n) is 16.8. The third-order valence-corrected chi connectivity index (χ3v) is 4.25. The predicted molar refractivity (Wildman–Crippen MR) is 102 cm³/mol. The Labute approximate surface area is 172 Å². The van der Waals surface area contributed by atoms with Gasteiger partial charge in [-0.05, 0) is 43.2 Å². The highest BCUT2D eigenvalue weighted by Gasteiger charge is 2.63. The number of nitrogens with one attached hydrogen (secondary N) is 1. The monoisotopic (exact) mass is 420 g/mol. The molecule has 1 aromatic carbocycles. The normalized spacial score (nSPS) is 17.7. The Morgan fingerprint density at radius 3 is 2.20 bits per heavy atom. The van der Waals surface area contributed by atoms with Crippen LogP contribution >= 0.6 is 0 Å². The molecule has 0 aromatic heterocycles. The maximum atomic E-state index is 12.4. The first kappa shape index (κ1) is 22.9. The number of primary amides is 1. The molecule has 12 heteroatoms. The van der Waals surface area contributed by atoms with Gasteiger partial charge in [0.05, 0.1) is 6.42 Å². The van der Waals surface area contributed by atoms with Crippen molar-refractivity contribution >= 4 is 18.0 Å². The molecule has 0 aliphatic carbocycles. The largest absolute Gasteiger partial charge is 0.481 e. The molecule has 0 radical (unpaired) electrons. The van der Waals surface area contributed by atoms with Crippen molar-refractivity contribution in [2.45, 2.75) is 50.6 Å². The summed E-state index contributed by atoms with van der Waals surface area (Å²) in [7, 11) is 0. The Bertz CT molecular complexity index is 854. The lowest BCUT2D eigenvalue weighted by molar-refractivity contribution is -0.156. The van der Waals surface area contributed by atoms with Gasteiger partial charge in [0, 0.05) is 0 Å². The van der Waals surface area contributed by atoms with Crippen molar-refractivity contribution in [2.75, 3.05) is 0 Å². The SMILES string of the molecule is CC(C)(C)OC(=O)NC(O)(CC(N)=O)C1(C(Cc2ccccc2)C(=O)O)N=NN=N1. The highest BCUT2D eigenvalue weighted by atomic mass is 16.6. The number of benzene rings is 1. The summed E-state index contributed by atoms with van der Waals surface area (Å²) >= 11 is 0. The van der Waals surface area contributed by atoms with Gasteiger partial charge >= 0.3 is 12.1 Å². The van der Waals surface area contributed by atoms with Crippen LogP contribution in [0.4, 0.5) is 4.79 Å². The van der Waals surface area contributed by atoms with Gasteiger partial charge in [-0.1, -0.05) is 30.3 Å². The van der Waals surface area contributed by atoms with Crippen LogP contribution in [0.1, 0.15) is 32.8 Å². The molecule has 1 aliphatic rings. The van der Waals surface area contributed by atoms with Crippen LogP contribution in [0.15, 0.2) is 51.0 Å². The summed E-state index contributed by atoms with van der Waals surface area (Å²) in [5.74, 6) is -4.02. The molecule has 2 unspecified atom stereocenters. The van der Waals surface area contributed by atoms with Crippen LogP contribution in [0.25, 0.3) is 0 Å². The fourth-order valence-electron chi connectivity index (χ4n) is 3.03. The molecule has 0 saturated heterocycles. The lowest BCUT2D eigenvalue weighted by Crippen LogP contribution is -2.68. The quantitative estimate of drug-likeness (QED) is 0.461. The minimum atomic E-state index is -2.68. The van der Waals surface area contributed by atoms with E-state index in [1.165, 1.54) is 0 Å². The molecule has 5 N–H and O–H groups in total. The number of aliphatic carboxylic acids is 1. The van der Waals surface area contributed by atoms with Crippen LogP contribution in [-0.4, -0.2) is 45.2 Å². The molecule has 12 nitrogen and oxygen atoms in total. The second-order valence-electron chi connectivity index (χ2n) is 7.82. The number of alkyl carbamates (subject to hydrolysis) is 1. The van der Waals surface area contributed by atoms with Gasteiger partial charge in [0.25, 0.3) is 5.66 Å². The Morgan fingerprint density at radius 2 is 1.73 bits per heavy atom. The fourth-order valence-corrected chi connectivity index (χ4v) is 3.03. The van der Waals surface area contributed by atoms with E-state index in [0.717, 1.165) is 0 Å². The topological polar surface area (TPSA) is 188 Å². The van der Waals surface area contributed by atoms with E-state index in [2.05, 4.69) is 26.0 Å². The van der Waals surface area contributed by atoms with E-state index < -0.39 is 47.3 Å². The van der Waals surface area contributed by atoms with Crippen LogP contribution < -0.4 is 11.1 Å². The van der Waals surface area contributed by atoms with Gasteiger partial charge in [0.2, 0.25) is 5.91 Å². The smallest absolute Gasteiger partial charge is 0.410 e. The van der Waals surface area contributed by atoms with E-state index in [-0.39, 0.29) is 6.42 Å². The van der Waals surface area contributed by atoms with Crippen molar-refractivity contribution < 1.29 is 29.3 Å². The number of hydrogen-bond donors (Lipinski definition) is 4. The van der Waals surface area contributed by atoms with Crippen LogP contribution in [0.2, 0.25) is 0 Å². The second kappa shape index (κ2) is 8.53. The molecule has 0 spiro atoms. The lowest BCUT2D eigenvalue weighted by Gasteiger charge is -2.41. The predicted octanol–water partition coefficient (Wildman–Crippen LogP) is 1.55. The number of carbonyl (C=O) groups excluding carboxylic acids is 2. The summed E-state index contributed by atoms with van der Waals surface area (Å²) in [6.45, 7) is 4.75. The highest BCUT2D eigenvalue weighted by Crippen LogP contribution is 2.41. The first-order chi connectivity index (χ1) is 13.9. The Hall–Kier alpha value is -3.41. The standard InChI is InChI=1S/C18H24N6O6/c1-16(2,3)30-15(28)20-17(29,10-13(19)25)18(21-23-24-22-18)12(14(26)27)9-11-7-5-4-6-8-11/h4-8,12,29H,9-10H2,1-3H3,(H2,19,25)(H,20,28)(H,26,27). The number of ether oxygens (including phenoxy) is 1. The second-order valence-corrected chi connectivity index (χ2v) is 7.82. The number of hydrogen-bond acceptors (Lipinski definition) is 9. The number of rotatable bonds is 8. The molecule has 2 rings (SSSR count). The molecule has 30 heavy (non-hydrogen) atoms. The summed E-state index contributed by atoms with van der Waals surface area (Å²) in [5, 5.41) is 37.5. The number of carboxylic acid groups (broad SMARTS) is 1. The van der Waals surface area contributed by atoms with Gasteiger partial charge in [-0.15, -0.1) is 10.2 Å². The third kappa shape index (κ3) is 5.14. The minimum Gasteiger partial charge on any atom is -0.481 e. The van der Waals surface area contributed by atoms with Gasteiger partial charge in [-0.2, -0.15) is 0 Å². The lowest BCUT2D eigenvalue weighted by atomic mass is 9.78. The molecule has 2 atom stereocenters. The van der Waals surface area contributed by atoms with E-state index in [9.17, 15) is 24.6 Å². The van der Waals surface area contributed by atoms with Gasteiger partial charge in [0.1, 0.15) is 11.5 Å². The zero-order valence-corrected chi connectivity index (χ0v) is 16.8. The van der Waals surface area contributed by atoms with E-state index >= 15 is 0 Å². The summed E-state index contributed by atoms with van der Waals surface area (Å²) in [4.78, 5) is 36.2. The number of nitrogens with zero attached hydrogens (tertiary/aromatic N) is 4. The minimum absolute atomic E-state index is 0.161. The average Bonchev–Trinajstić information content (AvgIpc) is 3.09. The van der Waals surface area contributed by atoms with Crippen molar-refractivity contribution in [3.63, 3.8) is 0 Å². The van der Waals surface area contributed by atoms with E-state index in [4.69, 9.17) is 10.5 Å². The fraction of sp³-hybridized carbons (Fsp3) is 0.500. The maximum absolute atomic E-state index is 12.4. The highest BCUT2D eigenvalue weighted by molar-refractivity contribution is 5.79. The number of nitrogens with two attached hydrogens (primary N) is 1. The van der Waals surface area contributed by atoms with Gasteiger partial charge in [-0.25, -0.2) is 4.79 Å². The third-order valence-electron chi connectivity index (χ3n) is 4.25. The molecule has 0 saturated carbocycles. The molecule has 0 fully saturated rings. The molecule has 1 heterocycles. The number of amides is 2. The van der Waals surface area contributed by atoms with Crippen LogP contribution in [0.5, 0.6) is 0 Å².